The smallest absolute Gasteiger partial charge is 0.327 e. The Labute approximate surface area is 258 Å². The molecule has 8 heteroatoms. The summed E-state index contributed by atoms with van der Waals surface area (Å²) in [6.07, 6.45) is 6.81. The summed E-state index contributed by atoms with van der Waals surface area (Å²) in [6, 6.07) is 31.2. The van der Waals surface area contributed by atoms with Gasteiger partial charge in [0.15, 0.2) is 0 Å². The van der Waals surface area contributed by atoms with Crippen LogP contribution in [0.1, 0.15) is 37.0 Å². The molecule has 44 heavy (non-hydrogen) atoms. The number of allylic oxidation sites excluding steroid dienone is 1. The van der Waals surface area contributed by atoms with E-state index in [1.807, 2.05) is 25.3 Å². The molecule has 3 aromatic carbocycles. The highest BCUT2D eigenvalue weighted by Gasteiger charge is 2.41. The van der Waals surface area contributed by atoms with E-state index in [1.54, 1.807) is 12.1 Å². The van der Waals surface area contributed by atoms with Crippen molar-refractivity contribution in [2.24, 2.45) is 0 Å². The normalized spacial score (nSPS) is 13.9. The molecule has 0 unspecified atom stereocenters. The Kier molecular flexibility index (Phi) is 8.63. The van der Waals surface area contributed by atoms with Crippen molar-refractivity contribution in [3.63, 3.8) is 0 Å². The summed E-state index contributed by atoms with van der Waals surface area (Å²) in [5.41, 5.74) is 7.88. The molecule has 0 bridgehead atoms. The summed E-state index contributed by atoms with van der Waals surface area (Å²) in [6.45, 7) is 6.99. The molecule has 0 spiro atoms. The molecule has 0 amide bonds. The Morgan fingerprint density at radius 1 is 0.955 bits per heavy atom. The van der Waals surface area contributed by atoms with E-state index in [0.717, 1.165) is 28.2 Å². The number of benzene rings is 3. The Morgan fingerprint density at radius 2 is 1.64 bits per heavy atom. The summed E-state index contributed by atoms with van der Waals surface area (Å²) in [5, 5.41) is 10.5. The van der Waals surface area contributed by atoms with Crippen LogP contribution in [-0.4, -0.2) is 39.9 Å². The molecule has 0 atom stereocenters. The van der Waals surface area contributed by atoms with Crippen LogP contribution in [0, 0.1) is 18.3 Å². The fourth-order valence-corrected chi connectivity index (χ4v) is 6.28. The third kappa shape index (κ3) is 5.98. The first-order chi connectivity index (χ1) is 21.0. The first-order valence-electron chi connectivity index (χ1n) is 14.3. The fourth-order valence-electron chi connectivity index (χ4n) is 5.81. The van der Waals surface area contributed by atoms with E-state index in [-0.39, 0.29) is 10.3 Å². The molecule has 1 aliphatic rings. The van der Waals surface area contributed by atoms with E-state index in [9.17, 15) is 18.2 Å². The Morgan fingerprint density at radius 3 is 2.30 bits per heavy atom. The van der Waals surface area contributed by atoms with Crippen LogP contribution in [0.4, 0.5) is 5.82 Å². The van der Waals surface area contributed by atoms with E-state index in [0.29, 0.717) is 13.0 Å². The molecule has 7 nitrogen and oxygen atoms in total. The average Bonchev–Trinajstić information content (AvgIpc) is 3.43. The van der Waals surface area contributed by atoms with Crippen LogP contribution in [0.2, 0.25) is 0 Å². The molecule has 0 fully saturated rings. The van der Waals surface area contributed by atoms with E-state index < -0.39 is 10.1 Å². The lowest BCUT2D eigenvalue weighted by atomic mass is 9.82. The minimum Gasteiger partial charge on any atom is -0.744 e. The van der Waals surface area contributed by atoms with Crippen molar-refractivity contribution in [1.29, 1.82) is 5.26 Å². The molecule has 0 radical (unpaired) electrons. The van der Waals surface area contributed by atoms with Crippen molar-refractivity contribution in [1.82, 2.24) is 9.55 Å². The maximum absolute atomic E-state index is 10.4. The highest BCUT2D eigenvalue weighted by atomic mass is 32.2. The monoisotopic (exact) mass is 602 g/mol. The minimum absolute atomic E-state index is 0.138. The summed E-state index contributed by atoms with van der Waals surface area (Å²) in [4.78, 5) is 4.45. The number of rotatable bonds is 6. The first-order valence-corrected chi connectivity index (χ1v) is 15.8. The number of fused-ring (bicyclic) bond motifs is 2. The fraction of sp³-hybridized carbons (Fsp3) is 0.194. The molecule has 222 valence electrons. The molecule has 0 saturated carbocycles. The number of nitrogens with zero attached hydrogens (tertiary/aromatic N) is 4. The lowest BCUT2D eigenvalue weighted by molar-refractivity contribution is -0.405. The van der Waals surface area contributed by atoms with E-state index >= 15 is 0 Å². The van der Waals surface area contributed by atoms with Gasteiger partial charge in [0.25, 0.3) is 0 Å². The number of pyridine rings is 1. The van der Waals surface area contributed by atoms with Gasteiger partial charge < -0.3 is 9.12 Å². The zero-order valence-corrected chi connectivity index (χ0v) is 26.0. The summed E-state index contributed by atoms with van der Waals surface area (Å²) >= 11 is 0. The van der Waals surface area contributed by atoms with E-state index in [2.05, 4.69) is 108 Å². The van der Waals surface area contributed by atoms with Crippen LogP contribution in [0.5, 0.6) is 0 Å². The van der Waals surface area contributed by atoms with Crippen LogP contribution >= 0.6 is 0 Å². The van der Waals surface area contributed by atoms with Crippen molar-refractivity contribution in [2.45, 2.75) is 44.0 Å². The largest absolute Gasteiger partial charge is 0.744 e. The molecule has 0 saturated heterocycles. The number of nitriles is 1. The number of para-hydroxylation sites is 1. The van der Waals surface area contributed by atoms with Gasteiger partial charge in [0.05, 0.1) is 41.1 Å². The Hall–Kier alpha value is -4.84. The number of aryl methyl sites for hydroxylation is 2. The molecular weight excluding hydrogens is 568 g/mol. The van der Waals surface area contributed by atoms with E-state index in [1.165, 1.54) is 34.4 Å². The van der Waals surface area contributed by atoms with Gasteiger partial charge in [-0.3, -0.25) is 0 Å². The van der Waals surface area contributed by atoms with Crippen molar-refractivity contribution in [3.8, 4) is 17.3 Å². The second-order valence-electron chi connectivity index (χ2n) is 11.2. The average molecular weight is 603 g/mol. The molecular formula is C36H34N4O3S. The third-order valence-electron chi connectivity index (χ3n) is 8.00. The summed E-state index contributed by atoms with van der Waals surface area (Å²) < 4.78 is 35.7. The topological polar surface area (TPSA) is 102 Å². The van der Waals surface area contributed by atoms with Crippen LogP contribution in [0.15, 0.2) is 108 Å². The van der Waals surface area contributed by atoms with Crippen molar-refractivity contribution in [2.75, 3.05) is 7.05 Å². The van der Waals surface area contributed by atoms with E-state index in [4.69, 9.17) is 0 Å². The van der Waals surface area contributed by atoms with Gasteiger partial charge in [-0.15, -0.1) is 0 Å². The predicted octanol–water partition coefficient (Wildman–Crippen LogP) is 7.24. The van der Waals surface area contributed by atoms with Gasteiger partial charge in [0.2, 0.25) is 0 Å². The summed E-state index contributed by atoms with van der Waals surface area (Å²) in [5.74, 6) is 1.02. The minimum atomic E-state index is -4.27. The van der Waals surface area contributed by atoms with Crippen molar-refractivity contribution < 1.29 is 17.5 Å². The lowest BCUT2D eigenvalue weighted by Gasteiger charge is -2.17. The second kappa shape index (κ2) is 12.4. The maximum Gasteiger partial charge on any atom is 0.327 e. The van der Waals surface area contributed by atoms with Gasteiger partial charge >= 0.3 is 5.82 Å². The standard InChI is InChI=1S/C29H27N4.C7H8O3S/c1-29(2)24-14-9-19-31-28(24)32(3)26(29)17-16-23-22-13-7-8-15-25(22)33(20-10-18-30)27(23)21-11-5-4-6-12-21;1-6-2-4-7(5-3-6)11(8,9)10/h4-9,11-17,19H,10,20H2,1-3H3;2-5H,1H3,(H,8,9,10)/q+1;/p-1. The van der Waals surface area contributed by atoms with Crippen LogP contribution in [0.3, 0.4) is 0 Å². The number of hydrogen-bond acceptors (Lipinski definition) is 5. The van der Waals surface area contributed by atoms with Gasteiger partial charge in [-0.25, -0.2) is 13.0 Å². The predicted molar refractivity (Wildman–Crippen MR) is 174 cm³/mol. The highest BCUT2D eigenvalue weighted by molar-refractivity contribution is 7.85. The third-order valence-corrected chi connectivity index (χ3v) is 8.85. The van der Waals surface area contributed by atoms with Gasteiger partial charge in [-0.1, -0.05) is 66.2 Å². The SMILES string of the molecule is C[N+]1=C(/C=C/c2c(-c3ccccc3)n(CCC#N)c3ccccc23)C(C)(C)c2cccnc21.Cc1ccc(S(=O)(=O)[O-])cc1. The van der Waals surface area contributed by atoms with Crippen molar-refractivity contribution in [3.05, 3.63) is 120 Å². The molecule has 3 heterocycles. The zero-order chi connectivity index (χ0) is 31.5. The molecule has 2 aromatic heterocycles. The van der Waals surface area contributed by atoms with Crippen molar-refractivity contribution >= 4 is 38.6 Å². The van der Waals surface area contributed by atoms with Crippen LogP contribution in [-0.2, 0) is 22.1 Å². The quantitative estimate of drug-likeness (QED) is 0.151. The Bertz CT molecular complexity index is 2030. The van der Waals surface area contributed by atoms with Gasteiger partial charge in [-0.2, -0.15) is 5.26 Å². The maximum atomic E-state index is 10.4. The highest BCUT2D eigenvalue weighted by Crippen LogP contribution is 2.39. The Balaban J connectivity index is 0.000000296. The van der Waals surface area contributed by atoms with Crippen LogP contribution < -0.4 is 0 Å². The lowest BCUT2D eigenvalue weighted by Crippen LogP contribution is -2.26. The molecule has 5 aromatic rings. The first kappa shape index (κ1) is 30.6. The number of aromatic nitrogens is 2. The zero-order valence-electron chi connectivity index (χ0n) is 25.2. The number of hydrogen-bond donors (Lipinski definition) is 0. The summed E-state index contributed by atoms with van der Waals surface area (Å²) in [7, 11) is -2.18. The van der Waals surface area contributed by atoms with Gasteiger partial charge in [0, 0.05) is 23.0 Å². The second-order valence-corrected chi connectivity index (χ2v) is 12.6. The van der Waals surface area contributed by atoms with Crippen LogP contribution in [0.25, 0.3) is 28.2 Å². The molecule has 0 N–H and O–H groups in total. The molecule has 0 aliphatic carbocycles. The van der Waals surface area contributed by atoms with Gasteiger partial charge in [-0.05, 0) is 73.8 Å². The molecule has 6 rings (SSSR count). The molecule has 1 aliphatic heterocycles. The van der Waals surface area contributed by atoms with Gasteiger partial charge in [0.1, 0.15) is 22.0 Å².